The number of aromatic nitrogens is 1. The Hall–Kier alpha value is -2.65. The lowest BCUT2D eigenvalue weighted by molar-refractivity contribution is 0.307. The van der Waals surface area contributed by atoms with E-state index in [0.29, 0.717) is 23.4 Å². The number of nitriles is 1. The lowest BCUT2D eigenvalue weighted by atomic mass is 10.3. The number of para-hydroxylation sites is 1. The third-order valence-corrected chi connectivity index (χ3v) is 3.45. The summed E-state index contributed by atoms with van der Waals surface area (Å²) in [7, 11) is 0. The predicted molar refractivity (Wildman–Crippen MR) is 79.4 cm³/mol. The van der Waals surface area contributed by atoms with Crippen LogP contribution in [0.5, 0.6) is 17.4 Å². The molecule has 0 spiro atoms. The van der Waals surface area contributed by atoms with Crippen molar-refractivity contribution in [2.75, 3.05) is 5.88 Å². The summed E-state index contributed by atoms with van der Waals surface area (Å²) in [6, 6.07) is 12.9. The van der Waals surface area contributed by atoms with Gasteiger partial charge in [-0.15, -0.1) is 11.8 Å². The minimum Gasteiger partial charge on any atom is -0.439 e. The van der Waals surface area contributed by atoms with Crippen molar-refractivity contribution in [3.05, 3.63) is 60.0 Å². The van der Waals surface area contributed by atoms with Gasteiger partial charge in [-0.25, -0.2) is 9.88 Å². The molecular weight excluding hydrogens is 286 g/mol. The molecule has 2 heterocycles. The number of nitrogens with zero attached hydrogens (tertiary/aromatic N) is 3. The largest absolute Gasteiger partial charge is 0.439 e. The van der Waals surface area contributed by atoms with Crippen LogP contribution in [0.15, 0.2) is 60.0 Å². The maximum Gasteiger partial charge on any atom is 0.219 e. The van der Waals surface area contributed by atoms with E-state index in [9.17, 15) is 0 Å². The first kappa shape index (κ1) is 13.3. The average Bonchev–Trinajstić information content (AvgIpc) is 2.97. The summed E-state index contributed by atoms with van der Waals surface area (Å²) in [6.07, 6.45) is 3.62. The quantitative estimate of drug-likeness (QED) is 0.804. The molecule has 0 bridgehead atoms. The van der Waals surface area contributed by atoms with E-state index in [1.807, 2.05) is 30.3 Å². The topological polar surface area (TPSA) is 58.4 Å². The van der Waals surface area contributed by atoms with Crippen LogP contribution in [-0.4, -0.2) is 15.8 Å². The number of hydrogen-bond donors (Lipinski definition) is 0. The molecule has 0 unspecified atom stereocenters. The van der Waals surface area contributed by atoms with Crippen LogP contribution >= 0.6 is 11.8 Å². The summed E-state index contributed by atoms with van der Waals surface area (Å²) < 4.78 is 11.2. The number of benzene rings is 1. The van der Waals surface area contributed by atoms with E-state index in [2.05, 4.69) is 11.2 Å². The fourth-order valence-electron chi connectivity index (χ4n) is 1.69. The van der Waals surface area contributed by atoms with Crippen LogP contribution in [0.25, 0.3) is 0 Å². The van der Waals surface area contributed by atoms with E-state index in [1.165, 1.54) is 16.7 Å². The van der Waals surface area contributed by atoms with Crippen molar-refractivity contribution < 1.29 is 9.47 Å². The van der Waals surface area contributed by atoms with Crippen LogP contribution in [0.3, 0.4) is 0 Å². The molecule has 1 aromatic heterocycles. The first-order valence-electron chi connectivity index (χ1n) is 6.21. The van der Waals surface area contributed by atoms with E-state index in [-0.39, 0.29) is 0 Å². The molecule has 3 rings (SSSR count). The van der Waals surface area contributed by atoms with Gasteiger partial charge in [-0.1, -0.05) is 18.2 Å². The third kappa shape index (κ3) is 3.27. The zero-order valence-electron chi connectivity index (χ0n) is 11.0. The Morgan fingerprint density at radius 3 is 2.67 bits per heavy atom. The fourth-order valence-corrected chi connectivity index (χ4v) is 2.41. The molecule has 1 aliphatic rings. The molecule has 21 heavy (non-hydrogen) atoms. The monoisotopic (exact) mass is 297 g/mol. The second kappa shape index (κ2) is 6.20. The Morgan fingerprint density at radius 1 is 1.10 bits per heavy atom. The van der Waals surface area contributed by atoms with Gasteiger partial charge < -0.3 is 9.47 Å². The van der Waals surface area contributed by atoms with Gasteiger partial charge in [0, 0.05) is 11.5 Å². The molecule has 5 nitrogen and oxygen atoms in total. The highest BCUT2D eigenvalue weighted by Crippen LogP contribution is 2.26. The van der Waals surface area contributed by atoms with Gasteiger partial charge in [0.2, 0.25) is 11.8 Å². The van der Waals surface area contributed by atoms with E-state index in [4.69, 9.17) is 14.7 Å². The zero-order chi connectivity index (χ0) is 14.5. The third-order valence-electron chi connectivity index (χ3n) is 2.67. The standard InChI is InChI=1S/C15H11N3O2S/c16-10-18-11-21-9-15(18)20-13-6-7-14(17-8-13)19-12-4-2-1-3-5-12/h1-9H,11H2. The van der Waals surface area contributed by atoms with E-state index < -0.39 is 0 Å². The summed E-state index contributed by atoms with van der Waals surface area (Å²) >= 11 is 1.51. The number of rotatable bonds is 4. The lowest BCUT2D eigenvalue weighted by Gasteiger charge is -2.12. The van der Waals surface area contributed by atoms with Gasteiger partial charge in [0.25, 0.3) is 0 Å². The smallest absolute Gasteiger partial charge is 0.219 e. The molecule has 0 saturated carbocycles. The van der Waals surface area contributed by atoms with Crippen LogP contribution in [0.1, 0.15) is 0 Å². The molecule has 1 aliphatic heterocycles. The highest BCUT2D eigenvalue weighted by molar-refractivity contribution is 8.02. The van der Waals surface area contributed by atoms with Crippen molar-refractivity contribution in [3.63, 3.8) is 0 Å². The van der Waals surface area contributed by atoms with E-state index in [0.717, 1.165) is 5.75 Å². The minimum atomic E-state index is 0.487. The number of ether oxygens (including phenoxy) is 2. The normalized spacial score (nSPS) is 13.5. The Labute approximate surface area is 126 Å². The molecule has 1 aromatic carbocycles. The van der Waals surface area contributed by atoms with Crippen molar-refractivity contribution >= 4 is 11.8 Å². The summed E-state index contributed by atoms with van der Waals surface area (Å²) in [5, 5.41) is 10.7. The average molecular weight is 297 g/mol. The van der Waals surface area contributed by atoms with Crippen molar-refractivity contribution in [2.45, 2.75) is 0 Å². The summed E-state index contributed by atoms with van der Waals surface area (Å²) in [6.45, 7) is 0. The minimum absolute atomic E-state index is 0.487. The van der Waals surface area contributed by atoms with Crippen molar-refractivity contribution in [1.29, 1.82) is 5.26 Å². The molecule has 0 saturated heterocycles. The maximum atomic E-state index is 8.93. The van der Waals surface area contributed by atoms with Gasteiger partial charge in [-0.2, -0.15) is 5.26 Å². The van der Waals surface area contributed by atoms with Crippen LogP contribution in [0.2, 0.25) is 0 Å². The molecule has 0 aliphatic carbocycles. The molecule has 0 atom stereocenters. The number of pyridine rings is 1. The molecule has 6 heteroatoms. The van der Waals surface area contributed by atoms with Gasteiger partial charge in [0.15, 0.2) is 6.19 Å². The van der Waals surface area contributed by atoms with Crippen LogP contribution < -0.4 is 9.47 Å². The van der Waals surface area contributed by atoms with Crippen molar-refractivity contribution in [2.24, 2.45) is 0 Å². The summed E-state index contributed by atoms with van der Waals surface area (Å²) in [4.78, 5) is 5.66. The van der Waals surface area contributed by atoms with E-state index in [1.54, 1.807) is 23.7 Å². The number of hydrogen-bond acceptors (Lipinski definition) is 6. The van der Waals surface area contributed by atoms with Gasteiger partial charge >= 0.3 is 0 Å². The fraction of sp³-hybridized carbons (Fsp3) is 0.0667. The number of thioether (sulfide) groups is 1. The molecule has 0 fully saturated rings. The van der Waals surface area contributed by atoms with Gasteiger partial charge in [-0.05, 0) is 18.2 Å². The Balaban J connectivity index is 1.66. The van der Waals surface area contributed by atoms with Gasteiger partial charge in [-0.3, -0.25) is 0 Å². The van der Waals surface area contributed by atoms with Crippen LogP contribution in [0.4, 0.5) is 0 Å². The highest BCUT2D eigenvalue weighted by atomic mass is 32.2. The predicted octanol–water partition coefficient (Wildman–Crippen LogP) is 3.54. The summed E-state index contributed by atoms with van der Waals surface area (Å²) in [5.41, 5.74) is 0. The lowest BCUT2D eigenvalue weighted by Crippen LogP contribution is -2.15. The van der Waals surface area contributed by atoms with Gasteiger partial charge in [0.05, 0.1) is 12.1 Å². The van der Waals surface area contributed by atoms with Crippen molar-refractivity contribution in [1.82, 2.24) is 9.88 Å². The van der Waals surface area contributed by atoms with Crippen LogP contribution in [-0.2, 0) is 0 Å². The Bertz CT molecular complexity index is 680. The zero-order valence-corrected chi connectivity index (χ0v) is 11.8. The first-order chi connectivity index (χ1) is 10.3. The Kier molecular flexibility index (Phi) is 3.94. The van der Waals surface area contributed by atoms with Gasteiger partial charge in [0.1, 0.15) is 11.5 Å². The molecule has 104 valence electrons. The first-order valence-corrected chi connectivity index (χ1v) is 7.26. The second-order valence-electron chi connectivity index (χ2n) is 4.13. The summed E-state index contributed by atoms with van der Waals surface area (Å²) in [5.74, 6) is 2.86. The van der Waals surface area contributed by atoms with Crippen molar-refractivity contribution in [3.8, 4) is 23.6 Å². The van der Waals surface area contributed by atoms with E-state index >= 15 is 0 Å². The SMILES string of the molecule is N#CN1CSC=C1Oc1ccc(Oc2ccccc2)nc1. The molecule has 0 radical (unpaired) electrons. The highest BCUT2D eigenvalue weighted by Gasteiger charge is 2.17. The second-order valence-corrected chi connectivity index (χ2v) is 4.96. The molecule has 0 amide bonds. The Morgan fingerprint density at radius 2 is 1.95 bits per heavy atom. The maximum absolute atomic E-state index is 8.93. The molecule has 0 N–H and O–H groups in total. The van der Waals surface area contributed by atoms with Crippen LogP contribution in [0, 0.1) is 11.5 Å². The molecule has 2 aromatic rings. The molecular formula is C15H11N3O2S.